The molecule has 0 aliphatic rings. The molecule has 0 bridgehead atoms. The zero-order chi connectivity index (χ0) is 15.2. The standard InChI is InChI=1S/C16H15BrClNO2/c1-11(21-15-8-4-13(17)5-9-15)16(20)19-10-12-2-6-14(18)7-3-12/h2-9,11H,10H2,1H3,(H,19,20)/t11-/m0/s1. The number of carbonyl (C=O) groups is 1. The number of ether oxygens (including phenoxy) is 1. The molecule has 0 aromatic heterocycles. The van der Waals surface area contributed by atoms with Gasteiger partial charge in [0.25, 0.3) is 5.91 Å². The monoisotopic (exact) mass is 367 g/mol. The van der Waals surface area contributed by atoms with Gasteiger partial charge in [-0.2, -0.15) is 0 Å². The maximum atomic E-state index is 12.0. The van der Waals surface area contributed by atoms with Gasteiger partial charge in [0.1, 0.15) is 5.75 Å². The largest absolute Gasteiger partial charge is 0.481 e. The van der Waals surface area contributed by atoms with E-state index in [2.05, 4.69) is 21.2 Å². The number of carbonyl (C=O) groups excluding carboxylic acids is 1. The zero-order valence-corrected chi connectivity index (χ0v) is 13.8. The molecule has 2 rings (SSSR count). The van der Waals surface area contributed by atoms with Gasteiger partial charge in [0, 0.05) is 16.0 Å². The van der Waals surface area contributed by atoms with Crippen LogP contribution in [0.2, 0.25) is 5.02 Å². The molecule has 5 heteroatoms. The molecule has 2 aromatic carbocycles. The van der Waals surface area contributed by atoms with E-state index in [9.17, 15) is 4.79 Å². The van der Waals surface area contributed by atoms with E-state index in [1.165, 1.54) is 0 Å². The minimum absolute atomic E-state index is 0.159. The van der Waals surface area contributed by atoms with Crippen LogP contribution in [0.1, 0.15) is 12.5 Å². The van der Waals surface area contributed by atoms with Crippen LogP contribution >= 0.6 is 27.5 Å². The van der Waals surface area contributed by atoms with E-state index in [-0.39, 0.29) is 5.91 Å². The number of nitrogens with one attached hydrogen (secondary N) is 1. The first-order chi connectivity index (χ1) is 10.0. The number of benzene rings is 2. The molecule has 0 spiro atoms. The normalized spacial score (nSPS) is 11.8. The summed E-state index contributed by atoms with van der Waals surface area (Å²) in [5.74, 6) is 0.500. The second-order valence-corrected chi connectivity index (χ2v) is 5.91. The summed E-state index contributed by atoms with van der Waals surface area (Å²) in [7, 11) is 0. The van der Waals surface area contributed by atoms with E-state index in [0.717, 1.165) is 10.0 Å². The van der Waals surface area contributed by atoms with Gasteiger partial charge in [0.15, 0.2) is 6.10 Å². The highest BCUT2D eigenvalue weighted by molar-refractivity contribution is 9.10. The van der Waals surface area contributed by atoms with Crippen LogP contribution in [0.25, 0.3) is 0 Å². The molecule has 2 aromatic rings. The number of rotatable bonds is 5. The van der Waals surface area contributed by atoms with Gasteiger partial charge >= 0.3 is 0 Å². The van der Waals surface area contributed by atoms with Crippen LogP contribution in [-0.2, 0) is 11.3 Å². The highest BCUT2D eigenvalue weighted by atomic mass is 79.9. The van der Waals surface area contributed by atoms with Crippen LogP contribution in [0.5, 0.6) is 5.75 Å². The van der Waals surface area contributed by atoms with Crippen molar-refractivity contribution in [3.8, 4) is 5.75 Å². The molecule has 0 aliphatic heterocycles. The second kappa shape index (κ2) is 7.48. The lowest BCUT2D eigenvalue weighted by Crippen LogP contribution is -2.35. The summed E-state index contributed by atoms with van der Waals surface area (Å²) >= 11 is 9.17. The smallest absolute Gasteiger partial charge is 0.261 e. The molecule has 0 saturated carbocycles. The van der Waals surface area contributed by atoms with Gasteiger partial charge in [0.05, 0.1) is 0 Å². The van der Waals surface area contributed by atoms with Crippen molar-refractivity contribution in [2.24, 2.45) is 0 Å². The van der Waals surface area contributed by atoms with Crippen molar-refractivity contribution < 1.29 is 9.53 Å². The molecule has 1 amide bonds. The molecule has 0 heterocycles. The third-order valence-electron chi connectivity index (χ3n) is 2.88. The zero-order valence-electron chi connectivity index (χ0n) is 11.5. The molecule has 3 nitrogen and oxygen atoms in total. The topological polar surface area (TPSA) is 38.3 Å². The third kappa shape index (κ3) is 5.06. The van der Waals surface area contributed by atoms with Crippen LogP contribution in [0, 0.1) is 0 Å². The Kier molecular flexibility index (Phi) is 5.65. The van der Waals surface area contributed by atoms with Gasteiger partial charge in [-0.15, -0.1) is 0 Å². The van der Waals surface area contributed by atoms with Crippen molar-refractivity contribution in [3.05, 3.63) is 63.6 Å². The maximum absolute atomic E-state index is 12.0. The molecule has 0 aliphatic carbocycles. The van der Waals surface area contributed by atoms with E-state index in [1.807, 2.05) is 36.4 Å². The van der Waals surface area contributed by atoms with Crippen LogP contribution < -0.4 is 10.1 Å². The fourth-order valence-electron chi connectivity index (χ4n) is 1.71. The Labute approximate surface area is 137 Å². The molecule has 0 fully saturated rings. The number of hydrogen-bond donors (Lipinski definition) is 1. The molecular formula is C16H15BrClNO2. The van der Waals surface area contributed by atoms with Crippen molar-refractivity contribution in [2.75, 3.05) is 0 Å². The lowest BCUT2D eigenvalue weighted by atomic mass is 10.2. The Bertz CT molecular complexity index is 599. The predicted molar refractivity (Wildman–Crippen MR) is 87.5 cm³/mol. The molecule has 1 atom stereocenters. The van der Waals surface area contributed by atoms with Gasteiger partial charge in [-0.05, 0) is 48.9 Å². The summed E-state index contributed by atoms with van der Waals surface area (Å²) in [5.41, 5.74) is 0.989. The summed E-state index contributed by atoms with van der Waals surface area (Å²) in [5, 5.41) is 3.51. The van der Waals surface area contributed by atoms with Crippen LogP contribution in [-0.4, -0.2) is 12.0 Å². The Morgan fingerprint density at radius 1 is 1.19 bits per heavy atom. The highest BCUT2D eigenvalue weighted by Crippen LogP contribution is 2.17. The van der Waals surface area contributed by atoms with E-state index >= 15 is 0 Å². The molecule has 0 radical (unpaired) electrons. The van der Waals surface area contributed by atoms with Gasteiger partial charge in [-0.3, -0.25) is 4.79 Å². The van der Waals surface area contributed by atoms with Gasteiger partial charge in [0.2, 0.25) is 0 Å². The SMILES string of the molecule is C[C@H](Oc1ccc(Br)cc1)C(=O)NCc1ccc(Cl)cc1. The fourth-order valence-corrected chi connectivity index (χ4v) is 2.10. The first-order valence-corrected chi connectivity index (χ1v) is 7.66. The Morgan fingerprint density at radius 2 is 1.81 bits per heavy atom. The molecule has 0 unspecified atom stereocenters. The lowest BCUT2D eigenvalue weighted by Gasteiger charge is -2.14. The quantitative estimate of drug-likeness (QED) is 0.859. The van der Waals surface area contributed by atoms with Crippen molar-refractivity contribution in [1.29, 1.82) is 0 Å². The van der Waals surface area contributed by atoms with Gasteiger partial charge in [-0.1, -0.05) is 39.7 Å². The van der Waals surface area contributed by atoms with Crippen molar-refractivity contribution >= 4 is 33.4 Å². The van der Waals surface area contributed by atoms with Crippen molar-refractivity contribution in [2.45, 2.75) is 19.6 Å². The lowest BCUT2D eigenvalue weighted by molar-refractivity contribution is -0.127. The second-order valence-electron chi connectivity index (χ2n) is 4.56. The average Bonchev–Trinajstić information content (AvgIpc) is 2.48. The first kappa shape index (κ1) is 15.9. The van der Waals surface area contributed by atoms with Crippen molar-refractivity contribution in [3.63, 3.8) is 0 Å². The van der Waals surface area contributed by atoms with Crippen LogP contribution in [0.15, 0.2) is 53.0 Å². The number of hydrogen-bond acceptors (Lipinski definition) is 2. The van der Waals surface area contributed by atoms with Crippen LogP contribution in [0.4, 0.5) is 0 Å². The van der Waals surface area contributed by atoms with Crippen LogP contribution in [0.3, 0.4) is 0 Å². The Morgan fingerprint density at radius 3 is 2.43 bits per heavy atom. The summed E-state index contributed by atoms with van der Waals surface area (Å²) < 4.78 is 6.55. The Balaban J connectivity index is 1.84. The predicted octanol–water partition coefficient (Wildman–Crippen LogP) is 4.19. The molecule has 0 saturated heterocycles. The van der Waals surface area contributed by atoms with Gasteiger partial charge < -0.3 is 10.1 Å². The highest BCUT2D eigenvalue weighted by Gasteiger charge is 2.14. The Hall–Kier alpha value is -1.52. The molecule has 1 N–H and O–H groups in total. The van der Waals surface area contributed by atoms with Crippen molar-refractivity contribution in [1.82, 2.24) is 5.32 Å². The number of halogens is 2. The maximum Gasteiger partial charge on any atom is 0.261 e. The average molecular weight is 369 g/mol. The van der Waals surface area contributed by atoms with E-state index in [0.29, 0.717) is 17.3 Å². The summed E-state index contributed by atoms with van der Waals surface area (Å²) in [4.78, 5) is 12.0. The molecule has 21 heavy (non-hydrogen) atoms. The van der Waals surface area contributed by atoms with E-state index in [4.69, 9.17) is 16.3 Å². The van der Waals surface area contributed by atoms with E-state index < -0.39 is 6.10 Å². The molecular weight excluding hydrogens is 354 g/mol. The minimum Gasteiger partial charge on any atom is -0.481 e. The third-order valence-corrected chi connectivity index (χ3v) is 3.66. The summed E-state index contributed by atoms with van der Waals surface area (Å²) in [6.45, 7) is 2.17. The summed E-state index contributed by atoms with van der Waals surface area (Å²) in [6.07, 6.45) is -0.557. The first-order valence-electron chi connectivity index (χ1n) is 6.49. The summed E-state index contributed by atoms with van der Waals surface area (Å²) in [6, 6.07) is 14.7. The minimum atomic E-state index is -0.557. The molecule has 110 valence electrons. The van der Waals surface area contributed by atoms with E-state index in [1.54, 1.807) is 19.1 Å². The fraction of sp³-hybridized carbons (Fsp3) is 0.188. The van der Waals surface area contributed by atoms with Gasteiger partial charge in [-0.25, -0.2) is 0 Å². The number of amides is 1.